The van der Waals surface area contributed by atoms with Crippen molar-refractivity contribution in [3.8, 4) is 0 Å². The van der Waals surface area contributed by atoms with Crippen LogP contribution in [0.2, 0.25) is 0 Å². The Balaban J connectivity index is 1.89. The summed E-state index contributed by atoms with van der Waals surface area (Å²) in [6.45, 7) is 5.46. The molecule has 16 heavy (non-hydrogen) atoms. The van der Waals surface area contributed by atoms with Crippen LogP contribution in [0, 0.1) is 5.92 Å². The van der Waals surface area contributed by atoms with Gasteiger partial charge in [-0.25, -0.2) is 0 Å². The third kappa shape index (κ3) is 2.61. The van der Waals surface area contributed by atoms with E-state index in [2.05, 4.69) is 10.4 Å². The zero-order valence-corrected chi connectivity index (χ0v) is 9.64. The molecule has 2 heterocycles. The summed E-state index contributed by atoms with van der Waals surface area (Å²) in [6, 6.07) is 0.329. The molecule has 1 aromatic rings. The quantitative estimate of drug-likeness (QED) is 0.840. The first-order valence-electron chi connectivity index (χ1n) is 5.57. The summed E-state index contributed by atoms with van der Waals surface area (Å²) in [5.41, 5.74) is 0.762. The summed E-state index contributed by atoms with van der Waals surface area (Å²) >= 11 is 0. The van der Waals surface area contributed by atoms with Crippen LogP contribution in [0.1, 0.15) is 26.3 Å². The van der Waals surface area contributed by atoms with Crippen LogP contribution in [0.3, 0.4) is 0 Å². The molecule has 0 bridgehead atoms. The van der Waals surface area contributed by atoms with Crippen LogP contribution in [-0.2, 0) is 9.53 Å². The number of aromatic nitrogens is 2. The number of hydrogen-bond donors (Lipinski definition) is 1. The van der Waals surface area contributed by atoms with Crippen molar-refractivity contribution in [3.63, 3.8) is 0 Å². The van der Waals surface area contributed by atoms with Gasteiger partial charge in [-0.3, -0.25) is 9.48 Å². The average Bonchev–Trinajstić information content (AvgIpc) is 2.47. The fraction of sp³-hybridized carbons (Fsp3) is 0.636. The summed E-state index contributed by atoms with van der Waals surface area (Å²) < 4.78 is 6.93. The summed E-state index contributed by atoms with van der Waals surface area (Å²) in [4.78, 5) is 11.5. The lowest BCUT2D eigenvalue weighted by Gasteiger charge is -2.25. The van der Waals surface area contributed by atoms with Crippen molar-refractivity contribution in [1.29, 1.82) is 0 Å². The van der Waals surface area contributed by atoms with Crippen LogP contribution in [0.15, 0.2) is 12.4 Å². The van der Waals surface area contributed by atoms with Gasteiger partial charge < -0.3 is 10.1 Å². The summed E-state index contributed by atoms with van der Waals surface area (Å²) in [7, 11) is 0. The van der Waals surface area contributed by atoms with Gasteiger partial charge in [-0.2, -0.15) is 5.10 Å². The average molecular weight is 223 g/mol. The van der Waals surface area contributed by atoms with Gasteiger partial charge in [0.2, 0.25) is 5.91 Å². The molecule has 1 aliphatic rings. The minimum Gasteiger partial charge on any atom is -0.377 e. The lowest BCUT2D eigenvalue weighted by atomic mass is 10.1. The Kier molecular flexibility index (Phi) is 3.24. The molecule has 1 amide bonds. The van der Waals surface area contributed by atoms with Gasteiger partial charge in [0.05, 0.1) is 31.1 Å². The smallest absolute Gasteiger partial charge is 0.224 e. The van der Waals surface area contributed by atoms with Crippen molar-refractivity contribution < 1.29 is 9.53 Å². The standard InChI is InChI=1S/C11H17N3O2/c1-8(2)3-11(15)13-9-4-12-14(5-9)10-6-16-7-10/h4-5,8,10H,3,6-7H2,1-2H3,(H,13,15). The molecule has 1 fully saturated rings. The molecule has 0 saturated carbocycles. The predicted octanol–water partition coefficient (Wildman–Crippen LogP) is 1.44. The molecular formula is C11H17N3O2. The second-order valence-corrected chi connectivity index (χ2v) is 4.55. The van der Waals surface area contributed by atoms with E-state index in [1.54, 1.807) is 6.20 Å². The summed E-state index contributed by atoms with van der Waals surface area (Å²) in [5, 5.41) is 7.03. The van der Waals surface area contributed by atoms with Gasteiger partial charge in [-0.1, -0.05) is 13.8 Å². The molecule has 1 N–H and O–H groups in total. The zero-order chi connectivity index (χ0) is 11.5. The highest BCUT2D eigenvalue weighted by Gasteiger charge is 2.21. The number of carbonyl (C=O) groups is 1. The van der Waals surface area contributed by atoms with Crippen LogP contribution in [-0.4, -0.2) is 28.9 Å². The highest BCUT2D eigenvalue weighted by atomic mass is 16.5. The largest absolute Gasteiger partial charge is 0.377 e. The number of amides is 1. The van der Waals surface area contributed by atoms with Crippen molar-refractivity contribution in [2.24, 2.45) is 5.92 Å². The number of carbonyl (C=O) groups excluding carboxylic acids is 1. The van der Waals surface area contributed by atoms with Crippen LogP contribution in [0.4, 0.5) is 5.69 Å². The van der Waals surface area contributed by atoms with E-state index < -0.39 is 0 Å². The molecule has 0 atom stereocenters. The molecule has 0 aliphatic carbocycles. The third-order valence-electron chi connectivity index (χ3n) is 2.47. The SMILES string of the molecule is CC(C)CC(=O)Nc1cnn(C2COC2)c1. The normalized spacial score (nSPS) is 16.2. The molecule has 88 valence electrons. The lowest BCUT2D eigenvalue weighted by Crippen LogP contribution is -2.30. The molecule has 5 nitrogen and oxygen atoms in total. The molecule has 2 rings (SSSR count). The Morgan fingerprint density at radius 1 is 1.69 bits per heavy atom. The maximum Gasteiger partial charge on any atom is 0.224 e. The fourth-order valence-corrected chi connectivity index (χ4v) is 1.56. The van der Waals surface area contributed by atoms with Gasteiger partial charge in [0.15, 0.2) is 0 Å². The Hall–Kier alpha value is -1.36. The fourth-order valence-electron chi connectivity index (χ4n) is 1.56. The van der Waals surface area contributed by atoms with E-state index in [0.29, 0.717) is 31.6 Å². The molecule has 1 saturated heterocycles. The van der Waals surface area contributed by atoms with Gasteiger partial charge in [0, 0.05) is 12.6 Å². The second-order valence-electron chi connectivity index (χ2n) is 4.55. The summed E-state index contributed by atoms with van der Waals surface area (Å²) in [5.74, 6) is 0.412. The van der Waals surface area contributed by atoms with Crippen molar-refractivity contribution in [1.82, 2.24) is 9.78 Å². The van der Waals surface area contributed by atoms with Crippen LogP contribution in [0.5, 0.6) is 0 Å². The minimum atomic E-state index is 0.0411. The van der Waals surface area contributed by atoms with Gasteiger partial charge in [-0.05, 0) is 5.92 Å². The van der Waals surface area contributed by atoms with Crippen molar-refractivity contribution >= 4 is 11.6 Å². The molecule has 1 aromatic heterocycles. The molecule has 0 spiro atoms. The Bertz CT molecular complexity index is 369. The van der Waals surface area contributed by atoms with E-state index in [0.717, 1.165) is 5.69 Å². The maximum atomic E-state index is 11.5. The lowest BCUT2D eigenvalue weighted by molar-refractivity contribution is -0.116. The van der Waals surface area contributed by atoms with Gasteiger partial charge in [-0.15, -0.1) is 0 Å². The number of ether oxygens (including phenoxy) is 1. The van der Waals surface area contributed by atoms with Crippen LogP contribution >= 0.6 is 0 Å². The Labute approximate surface area is 94.8 Å². The van der Waals surface area contributed by atoms with Gasteiger partial charge >= 0.3 is 0 Å². The van der Waals surface area contributed by atoms with E-state index in [4.69, 9.17) is 4.74 Å². The molecule has 5 heteroatoms. The Morgan fingerprint density at radius 2 is 2.44 bits per heavy atom. The van der Waals surface area contributed by atoms with Gasteiger partial charge in [0.1, 0.15) is 0 Å². The zero-order valence-electron chi connectivity index (χ0n) is 9.64. The Morgan fingerprint density at radius 3 is 3.00 bits per heavy atom. The van der Waals surface area contributed by atoms with E-state index in [-0.39, 0.29) is 5.91 Å². The minimum absolute atomic E-state index is 0.0411. The van der Waals surface area contributed by atoms with Crippen LogP contribution in [0.25, 0.3) is 0 Å². The summed E-state index contributed by atoms with van der Waals surface area (Å²) in [6.07, 6.45) is 4.07. The van der Waals surface area contributed by atoms with Crippen LogP contribution < -0.4 is 5.32 Å². The highest BCUT2D eigenvalue weighted by Crippen LogP contribution is 2.18. The first-order chi connectivity index (χ1) is 7.65. The van der Waals surface area contributed by atoms with Crippen molar-refractivity contribution in [2.45, 2.75) is 26.3 Å². The van der Waals surface area contributed by atoms with E-state index in [1.165, 1.54) is 0 Å². The van der Waals surface area contributed by atoms with Crippen molar-refractivity contribution in [3.05, 3.63) is 12.4 Å². The maximum absolute atomic E-state index is 11.5. The number of nitrogens with zero attached hydrogens (tertiary/aromatic N) is 2. The molecule has 0 radical (unpaired) electrons. The number of hydrogen-bond acceptors (Lipinski definition) is 3. The van der Waals surface area contributed by atoms with E-state index in [9.17, 15) is 4.79 Å². The highest BCUT2D eigenvalue weighted by molar-refractivity contribution is 5.90. The van der Waals surface area contributed by atoms with Crippen molar-refractivity contribution in [2.75, 3.05) is 18.5 Å². The molecular weight excluding hydrogens is 206 g/mol. The molecule has 1 aliphatic heterocycles. The van der Waals surface area contributed by atoms with Gasteiger partial charge in [0.25, 0.3) is 0 Å². The molecule has 0 aromatic carbocycles. The second kappa shape index (κ2) is 4.65. The first-order valence-corrected chi connectivity index (χ1v) is 5.57. The van der Waals surface area contributed by atoms with E-state index in [1.807, 2.05) is 24.7 Å². The first kappa shape index (κ1) is 11.1. The number of nitrogens with one attached hydrogen (secondary N) is 1. The topological polar surface area (TPSA) is 56.2 Å². The predicted molar refractivity (Wildman–Crippen MR) is 60.2 cm³/mol. The third-order valence-corrected chi connectivity index (χ3v) is 2.47. The van der Waals surface area contributed by atoms with E-state index >= 15 is 0 Å². The number of anilines is 1. The molecule has 0 unspecified atom stereocenters. The number of rotatable bonds is 4. The monoisotopic (exact) mass is 223 g/mol.